The molecule has 0 aromatic rings. The fraction of sp³-hybridized carbons (Fsp3) is 0.875. The van der Waals surface area contributed by atoms with Gasteiger partial charge in [-0.05, 0) is 6.42 Å². The van der Waals surface area contributed by atoms with Crippen LogP contribution in [0.2, 0.25) is 0 Å². The highest BCUT2D eigenvalue weighted by atomic mass is 32.2. The van der Waals surface area contributed by atoms with Crippen molar-refractivity contribution in [1.82, 2.24) is 0 Å². The molecular formula is C8H17NO4S2. The number of carbonyl (C=O) groups is 1. The fourth-order valence-corrected chi connectivity index (χ4v) is 3.76. The number of thioether (sulfide) groups is 1. The van der Waals surface area contributed by atoms with Crippen LogP contribution in [0.25, 0.3) is 0 Å². The highest BCUT2D eigenvalue weighted by molar-refractivity contribution is 8.00. The zero-order valence-corrected chi connectivity index (χ0v) is 10.3. The van der Waals surface area contributed by atoms with Gasteiger partial charge in [-0.2, -0.15) is 11.8 Å². The summed E-state index contributed by atoms with van der Waals surface area (Å²) < 4.78 is 22.5. The number of rotatable bonds is 8. The summed E-state index contributed by atoms with van der Waals surface area (Å²) in [5, 5.41) is 8.47. The molecular weight excluding hydrogens is 238 g/mol. The summed E-state index contributed by atoms with van der Waals surface area (Å²) in [5.41, 5.74) is 5.26. The number of aliphatic carboxylic acids is 1. The lowest BCUT2D eigenvalue weighted by atomic mass is 10.4. The van der Waals surface area contributed by atoms with Gasteiger partial charge >= 0.3 is 5.97 Å². The van der Waals surface area contributed by atoms with E-state index in [2.05, 4.69) is 0 Å². The zero-order chi connectivity index (χ0) is 11.9. The number of nitrogens with two attached hydrogens (primary N) is 1. The average Bonchev–Trinajstić information content (AvgIpc) is 2.11. The highest BCUT2D eigenvalue weighted by Crippen LogP contribution is 2.04. The molecule has 0 aromatic heterocycles. The molecule has 0 aliphatic rings. The van der Waals surface area contributed by atoms with Crippen LogP contribution >= 0.6 is 11.8 Å². The van der Waals surface area contributed by atoms with E-state index in [4.69, 9.17) is 10.8 Å². The Morgan fingerprint density at radius 2 is 2.07 bits per heavy atom. The molecule has 0 fully saturated rings. The molecule has 0 aliphatic heterocycles. The van der Waals surface area contributed by atoms with Gasteiger partial charge < -0.3 is 10.8 Å². The number of carboxylic acid groups (broad SMARTS) is 1. The molecule has 0 aromatic carbocycles. The maximum Gasteiger partial charge on any atom is 0.321 e. The summed E-state index contributed by atoms with van der Waals surface area (Å²) in [5.74, 6) is -0.115. The first-order chi connectivity index (χ1) is 6.89. The van der Waals surface area contributed by atoms with Gasteiger partial charge in [-0.3, -0.25) is 4.79 Å². The van der Waals surface area contributed by atoms with Crippen molar-refractivity contribution in [2.75, 3.05) is 23.0 Å². The molecule has 7 heteroatoms. The molecule has 1 atom stereocenters. The molecule has 15 heavy (non-hydrogen) atoms. The molecule has 0 spiro atoms. The van der Waals surface area contributed by atoms with E-state index in [-0.39, 0.29) is 17.3 Å². The smallest absolute Gasteiger partial charge is 0.321 e. The first-order valence-corrected chi connectivity index (χ1v) is 7.63. The van der Waals surface area contributed by atoms with Gasteiger partial charge in [-0.25, -0.2) is 8.42 Å². The summed E-state index contributed by atoms with van der Waals surface area (Å²) in [6.45, 7) is 1.81. The van der Waals surface area contributed by atoms with E-state index in [0.717, 1.165) is 0 Å². The van der Waals surface area contributed by atoms with Gasteiger partial charge in [0.25, 0.3) is 0 Å². The third-order valence-corrected chi connectivity index (χ3v) is 4.87. The van der Waals surface area contributed by atoms with Crippen LogP contribution in [0, 0.1) is 0 Å². The minimum absolute atomic E-state index is 0.0951. The van der Waals surface area contributed by atoms with Crippen LogP contribution in [0.1, 0.15) is 13.3 Å². The van der Waals surface area contributed by atoms with Gasteiger partial charge in [0, 0.05) is 17.3 Å². The van der Waals surface area contributed by atoms with Gasteiger partial charge in [0.05, 0.1) is 5.75 Å². The first-order valence-electron chi connectivity index (χ1n) is 4.65. The van der Waals surface area contributed by atoms with Crippen molar-refractivity contribution < 1.29 is 18.3 Å². The Morgan fingerprint density at radius 3 is 2.53 bits per heavy atom. The van der Waals surface area contributed by atoms with Crippen molar-refractivity contribution in [2.24, 2.45) is 5.73 Å². The predicted molar refractivity (Wildman–Crippen MR) is 61.9 cm³/mol. The molecule has 90 valence electrons. The van der Waals surface area contributed by atoms with Crippen molar-refractivity contribution in [1.29, 1.82) is 0 Å². The third-order valence-electron chi connectivity index (χ3n) is 1.67. The lowest BCUT2D eigenvalue weighted by Crippen LogP contribution is -2.32. The molecule has 0 aliphatic carbocycles. The average molecular weight is 255 g/mol. The van der Waals surface area contributed by atoms with Gasteiger partial charge in [0.1, 0.15) is 6.04 Å². The van der Waals surface area contributed by atoms with Crippen LogP contribution in [0.5, 0.6) is 0 Å². The van der Waals surface area contributed by atoms with Crippen molar-refractivity contribution in [3.05, 3.63) is 0 Å². The molecule has 0 heterocycles. The Balaban J connectivity index is 3.67. The molecule has 0 rings (SSSR count). The molecule has 0 bridgehead atoms. The normalized spacial score (nSPS) is 13.7. The van der Waals surface area contributed by atoms with E-state index < -0.39 is 21.8 Å². The maximum atomic E-state index is 11.2. The highest BCUT2D eigenvalue weighted by Gasteiger charge is 2.13. The van der Waals surface area contributed by atoms with E-state index >= 15 is 0 Å². The lowest BCUT2D eigenvalue weighted by molar-refractivity contribution is -0.137. The van der Waals surface area contributed by atoms with Crippen LogP contribution in [0.3, 0.4) is 0 Å². The number of sulfone groups is 1. The predicted octanol–water partition coefficient (Wildman–Crippen LogP) is -0.0437. The molecule has 0 amide bonds. The molecule has 0 saturated heterocycles. The van der Waals surface area contributed by atoms with E-state index in [1.54, 1.807) is 0 Å². The van der Waals surface area contributed by atoms with E-state index in [1.807, 2.05) is 6.92 Å². The first kappa shape index (κ1) is 14.7. The van der Waals surface area contributed by atoms with Gasteiger partial charge in [0.2, 0.25) is 0 Å². The fourth-order valence-electron chi connectivity index (χ4n) is 0.881. The Bertz CT molecular complexity index is 289. The maximum absolute atomic E-state index is 11.2. The van der Waals surface area contributed by atoms with Gasteiger partial charge in [-0.15, -0.1) is 0 Å². The molecule has 3 N–H and O–H groups in total. The van der Waals surface area contributed by atoms with Gasteiger partial charge in [-0.1, -0.05) is 6.92 Å². The van der Waals surface area contributed by atoms with Gasteiger partial charge in [0.15, 0.2) is 9.84 Å². The largest absolute Gasteiger partial charge is 0.480 e. The van der Waals surface area contributed by atoms with Crippen molar-refractivity contribution >= 4 is 27.6 Å². The SMILES string of the molecule is CCCS(=O)(=O)CCSCC(N)C(=O)O. The van der Waals surface area contributed by atoms with Crippen LogP contribution in [0.4, 0.5) is 0 Å². The topological polar surface area (TPSA) is 97.5 Å². The molecule has 5 nitrogen and oxygen atoms in total. The van der Waals surface area contributed by atoms with Crippen molar-refractivity contribution in [3.63, 3.8) is 0 Å². The van der Waals surface area contributed by atoms with Crippen LogP contribution in [-0.2, 0) is 14.6 Å². The Kier molecular flexibility index (Phi) is 6.95. The summed E-state index contributed by atoms with van der Waals surface area (Å²) in [4.78, 5) is 10.3. The Labute approximate surface area is 94.3 Å². The zero-order valence-electron chi connectivity index (χ0n) is 8.68. The van der Waals surface area contributed by atoms with Crippen LogP contribution in [-0.4, -0.2) is 48.5 Å². The second-order valence-corrected chi connectivity index (χ2v) is 6.62. The second-order valence-electron chi connectivity index (χ2n) is 3.17. The summed E-state index contributed by atoms with van der Waals surface area (Å²) >= 11 is 1.26. The summed E-state index contributed by atoms with van der Waals surface area (Å²) in [6.07, 6.45) is 0.613. The third kappa shape index (κ3) is 7.64. The Hall–Kier alpha value is -0.270. The van der Waals surface area contributed by atoms with E-state index in [0.29, 0.717) is 12.2 Å². The molecule has 0 radical (unpaired) electrons. The number of hydrogen-bond acceptors (Lipinski definition) is 5. The number of hydrogen-bond donors (Lipinski definition) is 2. The van der Waals surface area contributed by atoms with E-state index in [9.17, 15) is 13.2 Å². The standard InChI is InChI=1S/C8H17NO4S2/c1-2-4-15(12,13)5-3-14-6-7(9)8(10)11/h7H,2-6,9H2,1H3,(H,10,11). The Morgan fingerprint density at radius 1 is 1.47 bits per heavy atom. The summed E-state index contributed by atoms with van der Waals surface area (Å²) in [7, 11) is -2.96. The monoisotopic (exact) mass is 255 g/mol. The van der Waals surface area contributed by atoms with Crippen molar-refractivity contribution in [3.8, 4) is 0 Å². The lowest BCUT2D eigenvalue weighted by Gasteiger charge is -2.06. The van der Waals surface area contributed by atoms with Crippen LogP contribution < -0.4 is 5.73 Å². The minimum Gasteiger partial charge on any atom is -0.480 e. The quantitative estimate of drug-likeness (QED) is 0.590. The minimum atomic E-state index is -2.96. The molecule has 0 saturated carbocycles. The number of carboxylic acids is 1. The second kappa shape index (κ2) is 7.08. The van der Waals surface area contributed by atoms with Crippen molar-refractivity contribution in [2.45, 2.75) is 19.4 Å². The molecule has 1 unspecified atom stereocenters. The van der Waals surface area contributed by atoms with Crippen LogP contribution in [0.15, 0.2) is 0 Å². The van der Waals surface area contributed by atoms with E-state index in [1.165, 1.54) is 11.8 Å². The summed E-state index contributed by atoms with van der Waals surface area (Å²) in [6, 6.07) is -0.913.